The zero-order valence-corrected chi connectivity index (χ0v) is 8.68. The van der Waals surface area contributed by atoms with Gasteiger partial charge in [0.1, 0.15) is 0 Å². The van der Waals surface area contributed by atoms with Gasteiger partial charge >= 0.3 is 0 Å². The van der Waals surface area contributed by atoms with E-state index in [1.165, 1.54) is 11.3 Å². The molecule has 0 spiro atoms. The van der Waals surface area contributed by atoms with E-state index in [2.05, 4.69) is 15.9 Å². The lowest BCUT2D eigenvalue weighted by Gasteiger charge is -1.92. The summed E-state index contributed by atoms with van der Waals surface area (Å²) in [6.45, 7) is 1.72. The van der Waals surface area contributed by atoms with E-state index >= 15 is 0 Å². The Labute approximate surface area is 82.0 Å². The van der Waals surface area contributed by atoms with Gasteiger partial charge in [0, 0.05) is 10.0 Å². The van der Waals surface area contributed by atoms with E-state index < -0.39 is 4.92 Å². The molecule has 1 aromatic heterocycles. The smallest absolute Gasteiger partial charge is 0.238 e. The lowest BCUT2D eigenvalue weighted by molar-refractivity contribution is -0.401. The number of nitrogens with zero attached hydrogens (tertiary/aromatic N) is 1. The summed E-state index contributed by atoms with van der Waals surface area (Å²) in [5.41, 5.74) is 0.668. The van der Waals surface area contributed by atoms with Crippen LogP contribution >= 0.6 is 27.3 Å². The Hall–Kier alpha value is -0.680. The normalized spacial score (nSPS) is 11.7. The van der Waals surface area contributed by atoms with Crippen LogP contribution in [0.4, 0.5) is 0 Å². The SMILES string of the molecule is C/C(=C/[N+](=O)[O-])c1sccc1Br. The molecule has 1 aromatic rings. The molecular weight excluding hydrogens is 242 g/mol. The van der Waals surface area contributed by atoms with Crippen molar-refractivity contribution in [3.8, 4) is 0 Å². The van der Waals surface area contributed by atoms with E-state index in [4.69, 9.17) is 0 Å². The minimum Gasteiger partial charge on any atom is -0.259 e. The van der Waals surface area contributed by atoms with Gasteiger partial charge in [0.2, 0.25) is 6.20 Å². The van der Waals surface area contributed by atoms with Gasteiger partial charge in [0.25, 0.3) is 0 Å². The number of hydrogen-bond acceptors (Lipinski definition) is 3. The molecule has 0 atom stereocenters. The molecule has 0 N–H and O–H groups in total. The molecule has 12 heavy (non-hydrogen) atoms. The fourth-order valence-electron chi connectivity index (χ4n) is 0.792. The minimum absolute atomic E-state index is 0.443. The van der Waals surface area contributed by atoms with Gasteiger partial charge in [-0.15, -0.1) is 11.3 Å². The molecule has 0 saturated heterocycles. The van der Waals surface area contributed by atoms with Crippen molar-refractivity contribution in [3.63, 3.8) is 0 Å². The van der Waals surface area contributed by atoms with E-state index in [9.17, 15) is 10.1 Å². The maximum absolute atomic E-state index is 10.1. The van der Waals surface area contributed by atoms with Crippen LogP contribution in [0.3, 0.4) is 0 Å². The highest BCUT2D eigenvalue weighted by Crippen LogP contribution is 2.29. The van der Waals surface area contributed by atoms with Crippen LogP contribution in [0, 0.1) is 10.1 Å². The second kappa shape index (κ2) is 3.82. The zero-order chi connectivity index (χ0) is 9.14. The van der Waals surface area contributed by atoms with Crippen molar-refractivity contribution in [1.29, 1.82) is 0 Å². The van der Waals surface area contributed by atoms with Crippen LogP contribution in [-0.2, 0) is 0 Å². The van der Waals surface area contributed by atoms with Crippen LogP contribution < -0.4 is 0 Å². The molecule has 0 unspecified atom stereocenters. The fraction of sp³-hybridized carbons (Fsp3) is 0.143. The molecule has 0 radical (unpaired) electrons. The van der Waals surface area contributed by atoms with Crippen molar-refractivity contribution < 1.29 is 4.92 Å². The number of hydrogen-bond donors (Lipinski definition) is 0. The van der Waals surface area contributed by atoms with Crippen LogP contribution in [0.25, 0.3) is 5.57 Å². The molecule has 0 aliphatic heterocycles. The highest BCUT2D eigenvalue weighted by atomic mass is 79.9. The Bertz CT molecular complexity index is 332. The molecule has 1 rings (SSSR count). The third-order valence-electron chi connectivity index (χ3n) is 1.27. The molecule has 3 nitrogen and oxygen atoms in total. The van der Waals surface area contributed by atoms with Crippen molar-refractivity contribution in [1.82, 2.24) is 0 Å². The number of halogens is 1. The lowest BCUT2D eigenvalue weighted by atomic mass is 10.3. The first-order valence-corrected chi connectivity index (χ1v) is 4.84. The third-order valence-corrected chi connectivity index (χ3v) is 3.25. The molecule has 0 bridgehead atoms. The summed E-state index contributed by atoms with van der Waals surface area (Å²) in [5, 5.41) is 12.0. The third kappa shape index (κ3) is 2.15. The number of nitro groups is 1. The molecule has 0 aliphatic carbocycles. The van der Waals surface area contributed by atoms with Gasteiger partial charge in [0.15, 0.2) is 0 Å². The van der Waals surface area contributed by atoms with E-state index in [1.807, 2.05) is 11.4 Å². The van der Waals surface area contributed by atoms with E-state index in [-0.39, 0.29) is 0 Å². The molecule has 0 aromatic carbocycles. The van der Waals surface area contributed by atoms with E-state index in [1.54, 1.807) is 6.92 Å². The molecule has 0 amide bonds. The molecule has 0 saturated carbocycles. The van der Waals surface area contributed by atoms with Gasteiger partial charge in [-0.2, -0.15) is 0 Å². The van der Waals surface area contributed by atoms with Crippen LogP contribution in [0.2, 0.25) is 0 Å². The van der Waals surface area contributed by atoms with Crippen molar-refractivity contribution >= 4 is 32.8 Å². The molecule has 1 heterocycles. The van der Waals surface area contributed by atoms with Gasteiger partial charge in [-0.3, -0.25) is 10.1 Å². The van der Waals surface area contributed by atoms with Gasteiger partial charge in [-0.05, 0) is 34.3 Å². The van der Waals surface area contributed by atoms with Crippen LogP contribution in [0.1, 0.15) is 11.8 Å². The first kappa shape index (κ1) is 9.41. The lowest BCUT2D eigenvalue weighted by Crippen LogP contribution is -1.85. The van der Waals surface area contributed by atoms with Gasteiger partial charge in [-0.25, -0.2) is 0 Å². The maximum atomic E-state index is 10.1. The van der Waals surface area contributed by atoms with Crippen molar-refractivity contribution in [2.75, 3.05) is 0 Å². The van der Waals surface area contributed by atoms with Crippen molar-refractivity contribution in [2.24, 2.45) is 0 Å². The van der Waals surface area contributed by atoms with Crippen molar-refractivity contribution in [2.45, 2.75) is 6.92 Å². The second-order valence-corrected chi connectivity index (χ2v) is 3.97. The summed E-state index contributed by atoms with van der Waals surface area (Å²) in [6.07, 6.45) is 1.01. The highest BCUT2D eigenvalue weighted by molar-refractivity contribution is 9.10. The summed E-state index contributed by atoms with van der Waals surface area (Å²) in [7, 11) is 0. The van der Waals surface area contributed by atoms with Crippen molar-refractivity contribution in [3.05, 3.63) is 37.1 Å². The highest BCUT2D eigenvalue weighted by Gasteiger charge is 2.05. The Morgan fingerprint density at radius 1 is 1.83 bits per heavy atom. The number of thiophene rings is 1. The predicted molar refractivity (Wildman–Crippen MR) is 52.7 cm³/mol. The average molecular weight is 248 g/mol. The molecular formula is C7H6BrNO2S. The Morgan fingerprint density at radius 3 is 2.92 bits per heavy atom. The summed E-state index contributed by atoms with van der Waals surface area (Å²) < 4.78 is 0.906. The molecule has 0 aliphatic rings. The van der Waals surface area contributed by atoms with Gasteiger partial charge < -0.3 is 0 Å². The van der Waals surface area contributed by atoms with Crippen LogP contribution in [-0.4, -0.2) is 4.92 Å². The van der Waals surface area contributed by atoms with Gasteiger partial charge in [0.05, 0.1) is 9.80 Å². The number of allylic oxidation sites excluding steroid dienone is 1. The Kier molecular flexibility index (Phi) is 2.99. The first-order valence-electron chi connectivity index (χ1n) is 3.16. The molecule has 64 valence electrons. The first-order chi connectivity index (χ1) is 5.61. The predicted octanol–water partition coefficient (Wildman–Crippen LogP) is 3.15. The maximum Gasteiger partial charge on any atom is 0.238 e. The van der Waals surface area contributed by atoms with Crippen LogP contribution in [0.15, 0.2) is 22.1 Å². The Morgan fingerprint density at radius 2 is 2.50 bits per heavy atom. The van der Waals surface area contributed by atoms with E-state index in [0.29, 0.717) is 5.57 Å². The molecule has 0 fully saturated rings. The van der Waals surface area contributed by atoms with Gasteiger partial charge in [-0.1, -0.05) is 0 Å². The minimum atomic E-state index is -0.443. The fourth-order valence-corrected chi connectivity index (χ4v) is 2.45. The standard InChI is InChI=1S/C7H6BrNO2S/c1-5(4-9(10)11)7-6(8)2-3-12-7/h2-4H,1H3/b5-4-. The topological polar surface area (TPSA) is 43.1 Å². The zero-order valence-electron chi connectivity index (χ0n) is 6.28. The summed E-state index contributed by atoms with van der Waals surface area (Å²) in [5.74, 6) is 0. The quantitative estimate of drug-likeness (QED) is 0.596. The van der Waals surface area contributed by atoms with E-state index in [0.717, 1.165) is 15.5 Å². The number of rotatable bonds is 2. The average Bonchev–Trinajstić information content (AvgIpc) is 2.33. The summed E-state index contributed by atoms with van der Waals surface area (Å²) in [4.78, 5) is 10.6. The largest absolute Gasteiger partial charge is 0.259 e. The summed E-state index contributed by atoms with van der Waals surface area (Å²) >= 11 is 4.78. The monoisotopic (exact) mass is 247 g/mol. The summed E-state index contributed by atoms with van der Waals surface area (Å²) in [6, 6.07) is 1.87. The second-order valence-electron chi connectivity index (χ2n) is 2.20. The molecule has 5 heteroatoms. The Balaban J connectivity index is 2.99. The van der Waals surface area contributed by atoms with Crippen LogP contribution in [0.5, 0.6) is 0 Å².